The topological polar surface area (TPSA) is 66.2 Å². The fourth-order valence-electron chi connectivity index (χ4n) is 3.34. The first-order valence-corrected chi connectivity index (χ1v) is 9.43. The summed E-state index contributed by atoms with van der Waals surface area (Å²) in [6.07, 6.45) is 0. The van der Waals surface area contributed by atoms with E-state index in [0.29, 0.717) is 22.5 Å². The zero-order valence-corrected chi connectivity index (χ0v) is 16.7. The minimum Gasteiger partial charge on any atom is -0.497 e. The van der Waals surface area contributed by atoms with Gasteiger partial charge >= 0.3 is 0 Å². The largest absolute Gasteiger partial charge is 0.497 e. The van der Waals surface area contributed by atoms with Gasteiger partial charge in [0.05, 0.1) is 35.5 Å². The molecule has 4 rings (SSSR count). The average molecular weight is 393 g/mol. The second kappa shape index (κ2) is 8.06. The quantitative estimate of drug-likeness (QED) is 0.486. The lowest BCUT2D eigenvalue weighted by atomic mass is 10.0. The Balaban J connectivity index is 1.82. The van der Waals surface area contributed by atoms with Crippen LogP contribution in [0.25, 0.3) is 22.2 Å². The number of para-hydroxylation sites is 1. The minimum absolute atomic E-state index is 0.168. The molecule has 0 aliphatic heterocycles. The molecule has 5 heteroatoms. The van der Waals surface area contributed by atoms with E-state index in [-0.39, 0.29) is 5.91 Å². The molecule has 0 atom stereocenters. The number of carbonyl (C=O) groups is 1. The Morgan fingerprint density at radius 1 is 1.00 bits per heavy atom. The predicted octanol–water partition coefficient (Wildman–Crippen LogP) is 5.06. The standard InChI is InChI=1S/C25H19N3O2/c1-28(19-7-5-6-17(14-19)16-26)25(29)22-15-24(18-10-12-20(30-2)13-11-18)27-23-9-4-3-8-21(22)23/h3-15H,1-2H3. The summed E-state index contributed by atoms with van der Waals surface area (Å²) < 4.78 is 5.23. The molecule has 5 nitrogen and oxygen atoms in total. The van der Waals surface area contributed by atoms with Gasteiger partial charge in [-0.2, -0.15) is 5.26 Å². The third kappa shape index (κ3) is 3.59. The zero-order valence-electron chi connectivity index (χ0n) is 16.7. The highest BCUT2D eigenvalue weighted by atomic mass is 16.5. The lowest BCUT2D eigenvalue weighted by Gasteiger charge is -2.19. The first kappa shape index (κ1) is 19.2. The Morgan fingerprint density at radius 2 is 1.77 bits per heavy atom. The van der Waals surface area contributed by atoms with Crippen molar-refractivity contribution in [1.82, 2.24) is 4.98 Å². The van der Waals surface area contributed by atoms with Crippen LogP contribution >= 0.6 is 0 Å². The maximum absolute atomic E-state index is 13.4. The van der Waals surface area contributed by atoms with Crippen LogP contribution in [0.2, 0.25) is 0 Å². The van der Waals surface area contributed by atoms with Gasteiger partial charge in [0.1, 0.15) is 5.75 Å². The molecule has 0 aliphatic carbocycles. The number of fused-ring (bicyclic) bond motifs is 1. The van der Waals surface area contributed by atoms with Gasteiger partial charge in [0.15, 0.2) is 0 Å². The highest BCUT2D eigenvalue weighted by molar-refractivity contribution is 6.14. The van der Waals surface area contributed by atoms with Crippen LogP contribution in [0.3, 0.4) is 0 Å². The molecule has 4 aromatic rings. The summed E-state index contributed by atoms with van der Waals surface area (Å²) in [6, 6.07) is 26.1. The first-order chi connectivity index (χ1) is 14.6. The summed E-state index contributed by atoms with van der Waals surface area (Å²) in [7, 11) is 3.33. The van der Waals surface area contributed by atoms with Crippen molar-refractivity contribution < 1.29 is 9.53 Å². The van der Waals surface area contributed by atoms with Gasteiger partial charge in [-0.3, -0.25) is 4.79 Å². The molecule has 0 unspecified atom stereocenters. The SMILES string of the molecule is COc1ccc(-c2cc(C(=O)N(C)c3cccc(C#N)c3)c3ccccc3n2)cc1. The number of hydrogen-bond acceptors (Lipinski definition) is 4. The van der Waals surface area contributed by atoms with Crippen LogP contribution < -0.4 is 9.64 Å². The third-order valence-corrected chi connectivity index (χ3v) is 5.00. The number of hydrogen-bond donors (Lipinski definition) is 0. The Bertz CT molecular complexity index is 1270. The van der Waals surface area contributed by atoms with Gasteiger partial charge in [-0.15, -0.1) is 0 Å². The van der Waals surface area contributed by atoms with Crippen molar-refractivity contribution >= 4 is 22.5 Å². The van der Waals surface area contributed by atoms with Gasteiger partial charge in [0.2, 0.25) is 0 Å². The highest BCUT2D eigenvalue weighted by Crippen LogP contribution is 2.28. The number of methoxy groups -OCH3 is 1. The van der Waals surface area contributed by atoms with Crippen molar-refractivity contribution in [2.24, 2.45) is 0 Å². The summed E-state index contributed by atoms with van der Waals surface area (Å²) >= 11 is 0. The Labute approximate surface area is 174 Å². The molecule has 1 aromatic heterocycles. The van der Waals surface area contributed by atoms with Crippen LogP contribution in [-0.4, -0.2) is 25.0 Å². The van der Waals surface area contributed by atoms with Gasteiger partial charge in [0, 0.05) is 23.7 Å². The lowest BCUT2D eigenvalue weighted by molar-refractivity contribution is 0.0994. The number of pyridine rings is 1. The second-order valence-corrected chi connectivity index (χ2v) is 6.83. The van der Waals surface area contributed by atoms with Gasteiger partial charge in [0.25, 0.3) is 5.91 Å². The van der Waals surface area contributed by atoms with Crippen molar-refractivity contribution in [2.75, 3.05) is 19.1 Å². The van der Waals surface area contributed by atoms with E-state index >= 15 is 0 Å². The molecule has 146 valence electrons. The van der Waals surface area contributed by atoms with E-state index in [9.17, 15) is 4.79 Å². The molecule has 30 heavy (non-hydrogen) atoms. The molecule has 0 saturated heterocycles. The monoisotopic (exact) mass is 393 g/mol. The number of nitriles is 1. The molecule has 3 aromatic carbocycles. The van der Waals surface area contributed by atoms with Crippen LogP contribution in [0, 0.1) is 11.3 Å². The molecular weight excluding hydrogens is 374 g/mol. The van der Waals surface area contributed by atoms with Crippen LogP contribution in [-0.2, 0) is 0 Å². The molecular formula is C25H19N3O2. The van der Waals surface area contributed by atoms with Gasteiger partial charge < -0.3 is 9.64 Å². The fourth-order valence-corrected chi connectivity index (χ4v) is 3.34. The molecule has 0 spiro atoms. The molecule has 1 amide bonds. The number of amides is 1. The van der Waals surface area contributed by atoms with Crippen LogP contribution in [0.5, 0.6) is 5.75 Å². The van der Waals surface area contributed by atoms with E-state index in [2.05, 4.69) is 6.07 Å². The van der Waals surface area contributed by atoms with Gasteiger partial charge in [-0.05, 0) is 54.6 Å². The first-order valence-electron chi connectivity index (χ1n) is 9.43. The van der Waals surface area contributed by atoms with E-state index < -0.39 is 0 Å². The number of ether oxygens (including phenoxy) is 1. The van der Waals surface area contributed by atoms with Crippen LogP contribution in [0.1, 0.15) is 15.9 Å². The van der Waals surface area contributed by atoms with Crippen LogP contribution in [0.15, 0.2) is 78.9 Å². The number of rotatable bonds is 4. The van der Waals surface area contributed by atoms with Crippen molar-refractivity contribution in [1.29, 1.82) is 5.26 Å². The molecule has 0 saturated carbocycles. The third-order valence-electron chi connectivity index (χ3n) is 5.00. The molecule has 0 aliphatic rings. The lowest BCUT2D eigenvalue weighted by Crippen LogP contribution is -2.26. The van der Waals surface area contributed by atoms with E-state index in [1.54, 1.807) is 37.3 Å². The number of carbonyl (C=O) groups excluding carboxylic acids is 1. The van der Waals surface area contributed by atoms with Crippen molar-refractivity contribution in [3.8, 4) is 23.1 Å². The van der Waals surface area contributed by atoms with Gasteiger partial charge in [-0.1, -0.05) is 24.3 Å². The van der Waals surface area contributed by atoms with Crippen molar-refractivity contribution in [2.45, 2.75) is 0 Å². The zero-order chi connectivity index (χ0) is 21.1. The maximum Gasteiger partial charge on any atom is 0.258 e. The molecule has 0 fully saturated rings. The normalized spacial score (nSPS) is 10.4. The summed E-state index contributed by atoms with van der Waals surface area (Å²) in [6.45, 7) is 0. The average Bonchev–Trinajstić information content (AvgIpc) is 2.82. The fraction of sp³-hybridized carbons (Fsp3) is 0.0800. The maximum atomic E-state index is 13.4. The number of benzene rings is 3. The second-order valence-electron chi connectivity index (χ2n) is 6.83. The number of nitrogens with zero attached hydrogens (tertiary/aromatic N) is 3. The summed E-state index contributed by atoms with van der Waals surface area (Å²) in [4.78, 5) is 19.7. The summed E-state index contributed by atoms with van der Waals surface area (Å²) in [5.74, 6) is 0.589. The molecule has 0 bridgehead atoms. The minimum atomic E-state index is -0.168. The molecule has 0 N–H and O–H groups in total. The highest BCUT2D eigenvalue weighted by Gasteiger charge is 2.19. The van der Waals surface area contributed by atoms with E-state index in [0.717, 1.165) is 22.2 Å². The van der Waals surface area contributed by atoms with Gasteiger partial charge in [-0.25, -0.2) is 4.98 Å². The summed E-state index contributed by atoms with van der Waals surface area (Å²) in [5, 5.41) is 9.95. The Morgan fingerprint density at radius 3 is 2.50 bits per heavy atom. The van der Waals surface area contributed by atoms with Crippen LogP contribution in [0.4, 0.5) is 5.69 Å². The molecule has 0 radical (unpaired) electrons. The Kier molecular flexibility index (Phi) is 5.15. The number of anilines is 1. The van der Waals surface area contributed by atoms with Crippen molar-refractivity contribution in [3.05, 3.63) is 90.0 Å². The van der Waals surface area contributed by atoms with E-state index in [1.165, 1.54) is 0 Å². The summed E-state index contributed by atoms with van der Waals surface area (Å²) in [5.41, 5.74) is 4.06. The predicted molar refractivity (Wildman–Crippen MR) is 118 cm³/mol. The van der Waals surface area contributed by atoms with E-state index in [1.807, 2.05) is 60.7 Å². The smallest absolute Gasteiger partial charge is 0.258 e. The van der Waals surface area contributed by atoms with E-state index in [4.69, 9.17) is 15.0 Å². The molecule has 1 heterocycles. The van der Waals surface area contributed by atoms with Crippen molar-refractivity contribution in [3.63, 3.8) is 0 Å². The number of aromatic nitrogens is 1. The Hall–Kier alpha value is -4.17.